The Balaban J connectivity index is 1.50. The molecule has 5 rings (SSSR count). The third kappa shape index (κ3) is 3.16. The topological polar surface area (TPSA) is 50.8 Å². The minimum absolute atomic E-state index is 0.0509. The number of carbonyl (C=O) groups excluding carboxylic acids is 1. The largest absolute Gasteiger partial charge is 0.461 e. The van der Waals surface area contributed by atoms with Crippen LogP contribution in [0, 0.1) is 6.92 Å². The number of likely N-dealkylation sites (tertiary alicyclic amines) is 1. The number of fused-ring (bicyclic) bond motifs is 2. The normalized spacial score (nSPS) is 16.6. The molecule has 0 spiro atoms. The van der Waals surface area contributed by atoms with E-state index in [9.17, 15) is 13.6 Å². The van der Waals surface area contributed by atoms with Crippen LogP contribution in [0.5, 0.6) is 0 Å². The molecule has 3 aromatic heterocycles. The van der Waals surface area contributed by atoms with Crippen LogP contribution in [-0.2, 0) is 0 Å². The molecule has 148 valence electrons. The number of benzene rings is 1. The number of aryl methyl sites for hydroxylation is 1. The summed E-state index contributed by atoms with van der Waals surface area (Å²) in [5.74, 6) is -2.11. The van der Waals surface area contributed by atoms with E-state index < -0.39 is 5.92 Å². The fourth-order valence-corrected chi connectivity index (χ4v) is 3.86. The van der Waals surface area contributed by atoms with Gasteiger partial charge < -0.3 is 9.32 Å². The number of pyridine rings is 1. The minimum Gasteiger partial charge on any atom is -0.461 e. The second-order valence-electron chi connectivity index (χ2n) is 7.55. The van der Waals surface area contributed by atoms with E-state index in [1.54, 1.807) is 4.40 Å². The molecule has 1 aromatic carbocycles. The van der Waals surface area contributed by atoms with Gasteiger partial charge in [-0.25, -0.2) is 13.8 Å². The molecule has 4 aromatic rings. The number of piperidine rings is 1. The number of halogens is 2. The molecule has 1 aliphatic heterocycles. The van der Waals surface area contributed by atoms with Gasteiger partial charge in [0.2, 0.25) is 0 Å². The molecule has 0 N–H and O–H groups in total. The first-order valence-electron chi connectivity index (χ1n) is 9.54. The van der Waals surface area contributed by atoms with Gasteiger partial charge in [-0.05, 0) is 48.4 Å². The van der Waals surface area contributed by atoms with Crippen molar-refractivity contribution >= 4 is 22.5 Å². The number of nitrogens with zero attached hydrogens (tertiary/aromatic N) is 3. The molecule has 0 saturated carbocycles. The van der Waals surface area contributed by atoms with Gasteiger partial charge in [0.25, 0.3) is 11.8 Å². The summed E-state index contributed by atoms with van der Waals surface area (Å²) >= 11 is 0. The van der Waals surface area contributed by atoms with Crippen LogP contribution in [0.1, 0.15) is 29.1 Å². The third-order valence-electron chi connectivity index (χ3n) is 5.48. The van der Waals surface area contributed by atoms with Gasteiger partial charge in [-0.15, -0.1) is 0 Å². The van der Waals surface area contributed by atoms with Crippen LogP contribution in [-0.4, -0.2) is 39.2 Å². The van der Waals surface area contributed by atoms with Gasteiger partial charge in [-0.1, -0.05) is 6.07 Å². The first-order chi connectivity index (χ1) is 13.9. The Morgan fingerprint density at radius 2 is 1.86 bits per heavy atom. The van der Waals surface area contributed by atoms with Crippen LogP contribution in [0.15, 0.2) is 53.2 Å². The van der Waals surface area contributed by atoms with E-state index in [0.29, 0.717) is 11.3 Å². The maximum atomic E-state index is 13.4. The summed E-state index contributed by atoms with van der Waals surface area (Å²) in [4.78, 5) is 18.7. The van der Waals surface area contributed by atoms with E-state index in [4.69, 9.17) is 4.42 Å². The van der Waals surface area contributed by atoms with Crippen molar-refractivity contribution in [3.05, 3.63) is 60.2 Å². The molecule has 0 atom stereocenters. The molecule has 29 heavy (non-hydrogen) atoms. The molecule has 1 saturated heterocycles. The van der Waals surface area contributed by atoms with Gasteiger partial charge in [0.05, 0.1) is 6.20 Å². The summed E-state index contributed by atoms with van der Waals surface area (Å²) in [5, 5.41) is 1.01. The number of hydrogen-bond donors (Lipinski definition) is 0. The Kier molecular flexibility index (Phi) is 3.94. The number of rotatable bonds is 2. The van der Waals surface area contributed by atoms with Crippen LogP contribution < -0.4 is 0 Å². The van der Waals surface area contributed by atoms with Crippen molar-refractivity contribution in [2.24, 2.45) is 0 Å². The summed E-state index contributed by atoms with van der Waals surface area (Å²) in [6, 6.07) is 11.7. The minimum atomic E-state index is -2.69. The number of hydrogen-bond acceptors (Lipinski definition) is 3. The molecule has 5 nitrogen and oxygen atoms in total. The quantitative estimate of drug-likeness (QED) is 0.484. The molecule has 0 unspecified atom stereocenters. The molecule has 0 aliphatic carbocycles. The molecule has 1 amide bonds. The van der Waals surface area contributed by atoms with E-state index in [1.165, 1.54) is 11.1 Å². The molecule has 1 fully saturated rings. The zero-order valence-corrected chi connectivity index (χ0v) is 15.9. The smallest absolute Gasteiger partial charge is 0.272 e. The van der Waals surface area contributed by atoms with Crippen molar-refractivity contribution in [1.29, 1.82) is 0 Å². The monoisotopic (exact) mass is 395 g/mol. The number of aromatic nitrogens is 2. The van der Waals surface area contributed by atoms with Crippen LogP contribution in [0.25, 0.3) is 27.7 Å². The Labute approximate surface area is 165 Å². The molecule has 4 heterocycles. The maximum absolute atomic E-state index is 13.4. The molecule has 1 aliphatic rings. The van der Waals surface area contributed by atoms with Crippen molar-refractivity contribution in [1.82, 2.24) is 14.3 Å². The Morgan fingerprint density at radius 3 is 2.66 bits per heavy atom. The van der Waals surface area contributed by atoms with Gasteiger partial charge in [-0.2, -0.15) is 0 Å². The summed E-state index contributed by atoms with van der Waals surface area (Å²) in [6.07, 6.45) is 2.77. The number of amides is 1. The van der Waals surface area contributed by atoms with Crippen LogP contribution in [0.3, 0.4) is 0 Å². The zero-order chi connectivity index (χ0) is 20.2. The summed E-state index contributed by atoms with van der Waals surface area (Å²) < 4.78 is 34.2. The van der Waals surface area contributed by atoms with Gasteiger partial charge in [-0.3, -0.25) is 9.20 Å². The highest BCUT2D eigenvalue weighted by atomic mass is 19.3. The predicted octanol–water partition coefficient (Wildman–Crippen LogP) is 4.93. The highest BCUT2D eigenvalue weighted by Gasteiger charge is 2.36. The standard InChI is InChI=1S/C22H19F2N3O2/c1-14-10-17-11-15(2-4-19(17)29-14)16-3-5-20-25-12-18(27(20)13-16)21(28)26-8-6-22(23,24)7-9-26/h2-5,10-13H,6-9H2,1H3. The zero-order valence-electron chi connectivity index (χ0n) is 15.9. The second-order valence-corrected chi connectivity index (χ2v) is 7.55. The lowest BCUT2D eigenvalue weighted by molar-refractivity contribution is -0.0495. The highest BCUT2D eigenvalue weighted by molar-refractivity contribution is 5.93. The van der Waals surface area contributed by atoms with Crippen molar-refractivity contribution in [3.63, 3.8) is 0 Å². The van der Waals surface area contributed by atoms with E-state index >= 15 is 0 Å². The first-order valence-corrected chi connectivity index (χ1v) is 9.54. The Hall–Kier alpha value is -3.22. The Bertz CT molecular complexity index is 1230. The van der Waals surface area contributed by atoms with Gasteiger partial charge in [0, 0.05) is 37.5 Å². The molecule has 0 radical (unpaired) electrons. The van der Waals surface area contributed by atoms with Crippen LogP contribution in [0.4, 0.5) is 8.78 Å². The number of alkyl halides is 2. The van der Waals surface area contributed by atoms with Gasteiger partial charge in [0.1, 0.15) is 22.7 Å². The van der Waals surface area contributed by atoms with E-state index in [-0.39, 0.29) is 31.8 Å². The number of carbonyl (C=O) groups is 1. The predicted molar refractivity (Wildman–Crippen MR) is 105 cm³/mol. The van der Waals surface area contributed by atoms with Gasteiger partial charge >= 0.3 is 0 Å². The van der Waals surface area contributed by atoms with Crippen molar-refractivity contribution < 1.29 is 18.0 Å². The number of imidazole rings is 1. The molecule has 0 bridgehead atoms. The summed E-state index contributed by atoms with van der Waals surface area (Å²) in [5.41, 5.74) is 3.76. The van der Waals surface area contributed by atoms with Crippen molar-refractivity contribution in [2.75, 3.05) is 13.1 Å². The fourth-order valence-electron chi connectivity index (χ4n) is 3.86. The average molecular weight is 395 g/mol. The fraction of sp³-hybridized carbons (Fsp3) is 0.273. The maximum Gasteiger partial charge on any atom is 0.272 e. The number of furan rings is 1. The second kappa shape index (κ2) is 6.40. The summed E-state index contributed by atoms with van der Waals surface area (Å²) in [6.45, 7) is 2.01. The highest BCUT2D eigenvalue weighted by Crippen LogP contribution is 2.29. The van der Waals surface area contributed by atoms with Crippen LogP contribution >= 0.6 is 0 Å². The summed E-state index contributed by atoms with van der Waals surface area (Å²) in [7, 11) is 0. The molecular formula is C22H19F2N3O2. The lowest BCUT2D eigenvalue weighted by Gasteiger charge is -2.31. The third-order valence-corrected chi connectivity index (χ3v) is 5.48. The molecular weight excluding hydrogens is 376 g/mol. The average Bonchev–Trinajstić information content (AvgIpc) is 3.28. The Morgan fingerprint density at radius 1 is 1.10 bits per heavy atom. The van der Waals surface area contributed by atoms with Crippen molar-refractivity contribution in [3.8, 4) is 11.1 Å². The lowest BCUT2D eigenvalue weighted by atomic mass is 10.1. The molecule has 7 heteroatoms. The van der Waals surface area contributed by atoms with E-state index in [2.05, 4.69) is 4.98 Å². The van der Waals surface area contributed by atoms with Gasteiger partial charge in [0.15, 0.2) is 0 Å². The lowest BCUT2D eigenvalue weighted by Crippen LogP contribution is -2.43. The first kappa shape index (κ1) is 17.8. The SMILES string of the molecule is Cc1cc2cc(-c3ccc4ncc(C(=O)N5CCC(F)(F)CC5)n4c3)ccc2o1. The van der Waals surface area contributed by atoms with Crippen molar-refractivity contribution in [2.45, 2.75) is 25.7 Å². The van der Waals surface area contributed by atoms with E-state index in [1.807, 2.05) is 49.5 Å². The van der Waals surface area contributed by atoms with E-state index in [0.717, 1.165) is 27.9 Å². The van der Waals surface area contributed by atoms with Crippen LogP contribution in [0.2, 0.25) is 0 Å².